The Morgan fingerprint density at radius 3 is 2.50 bits per heavy atom. The number of hydrogen-bond acceptors (Lipinski definition) is 4. The zero-order valence-electron chi connectivity index (χ0n) is 8.47. The molecule has 0 aliphatic rings. The van der Waals surface area contributed by atoms with Gasteiger partial charge in [-0.2, -0.15) is 0 Å². The van der Waals surface area contributed by atoms with E-state index in [0.717, 1.165) is 11.3 Å². The highest BCUT2D eigenvalue weighted by molar-refractivity contribution is 14.1. The van der Waals surface area contributed by atoms with E-state index in [4.69, 9.17) is 5.84 Å². The van der Waals surface area contributed by atoms with Crippen molar-refractivity contribution in [1.82, 2.24) is 15.4 Å². The number of nitrogens with one attached hydrogen (secondary N) is 1. The van der Waals surface area contributed by atoms with Gasteiger partial charge in [0, 0.05) is 16.0 Å². The number of hydrogen-bond donors (Lipinski definition) is 2. The summed E-state index contributed by atoms with van der Waals surface area (Å²) in [6.07, 6.45) is 5.01. The van der Waals surface area contributed by atoms with Gasteiger partial charge in [0.2, 0.25) is 0 Å². The normalized spacial score (nSPS) is 12.4. The molecule has 4 nitrogen and oxygen atoms in total. The molecular weight excluding hydrogens is 315 g/mol. The van der Waals surface area contributed by atoms with Gasteiger partial charge >= 0.3 is 0 Å². The van der Waals surface area contributed by atoms with Crippen molar-refractivity contribution in [2.75, 3.05) is 0 Å². The molecule has 0 bridgehead atoms. The van der Waals surface area contributed by atoms with Crippen molar-refractivity contribution in [3.63, 3.8) is 0 Å². The van der Waals surface area contributed by atoms with Crippen LogP contribution in [-0.4, -0.2) is 9.97 Å². The molecule has 0 aliphatic heterocycles. The fraction of sp³-hybridized carbons (Fsp3) is 0.0909. The second-order valence-electron chi connectivity index (χ2n) is 3.28. The molecule has 16 heavy (non-hydrogen) atoms. The maximum atomic E-state index is 5.56. The third-order valence-corrected chi connectivity index (χ3v) is 2.97. The molecule has 0 aliphatic carbocycles. The number of rotatable bonds is 3. The van der Waals surface area contributed by atoms with Crippen LogP contribution in [0.1, 0.15) is 17.3 Å². The fourth-order valence-electron chi connectivity index (χ4n) is 1.47. The molecule has 2 rings (SSSR count). The molecule has 1 unspecified atom stereocenters. The average molecular weight is 326 g/mol. The molecule has 0 radical (unpaired) electrons. The summed E-state index contributed by atoms with van der Waals surface area (Å²) >= 11 is 2.27. The van der Waals surface area contributed by atoms with Crippen LogP contribution in [0.25, 0.3) is 0 Å². The van der Waals surface area contributed by atoms with E-state index in [1.54, 1.807) is 18.6 Å². The maximum absolute atomic E-state index is 5.56. The Labute approximate surface area is 107 Å². The standard InChI is InChI=1S/C11H11IN4/c12-9-3-1-8(2-4-9)11(16-13)10-7-14-5-6-15-10/h1-7,11,16H,13H2. The number of benzene rings is 1. The quantitative estimate of drug-likeness (QED) is 0.511. The van der Waals surface area contributed by atoms with Crippen LogP contribution >= 0.6 is 22.6 Å². The summed E-state index contributed by atoms with van der Waals surface area (Å²) in [4.78, 5) is 8.28. The summed E-state index contributed by atoms with van der Waals surface area (Å²) in [5, 5.41) is 0. The van der Waals surface area contributed by atoms with Gasteiger partial charge in [-0.1, -0.05) is 12.1 Å². The Morgan fingerprint density at radius 1 is 1.19 bits per heavy atom. The second-order valence-corrected chi connectivity index (χ2v) is 4.53. The van der Waals surface area contributed by atoms with Crippen molar-refractivity contribution >= 4 is 22.6 Å². The van der Waals surface area contributed by atoms with Gasteiger partial charge in [0.1, 0.15) is 0 Å². The highest BCUT2D eigenvalue weighted by atomic mass is 127. The van der Waals surface area contributed by atoms with Crippen molar-refractivity contribution in [3.05, 3.63) is 57.7 Å². The third kappa shape index (κ3) is 2.55. The van der Waals surface area contributed by atoms with Crippen LogP contribution in [0.3, 0.4) is 0 Å². The van der Waals surface area contributed by atoms with Gasteiger partial charge in [0.15, 0.2) is 0 Å². The summed E-state index contributed by atoms with van der Waals surface area (Å²) in [7, 11) is 0. The lowest BCUT2D eigenvalue weighted by Gasteiger charge is -2.15. The molecule has 0 spiro atoms. The predicted octanol–water partition coefficient (Wildman–Crippen LogP) is 1.63. The minimum absolute atomic E-state index is 0.120. The van der Waals surface area contributed by atoms with Crippen molar-refractivity contribution in [2.24, 2.45) is 5.84 Å². The minimum Gasteiger partial charge on any atom is -0.271 e. The molecule has 3 N–H and O–H groups in total. The first-order valence-electron chi connectivity index (χ1n) is 4.79. The zero-order chi connectivity index (χ0) is 11.4. The Morgan fingerprint density at radius 2 is 1.94 bits per heavy atom. The van der Waals surface area contributed by atoms with Crippen LogP contribution in [0.15, 0.2) is 42.9 Å². The highest BCUT2D eigenvalue weighted by Gasteiger charge is 2.13. The number of nitrogens with zero attached hydrogens (tertiary/aromatic N) is 2. The van der Waals surface area contributed by atoms with E-state index in [1.807, 2.05) is 24.3 Å². The van der Waals surface area contributed by atoms with Gasteiger partial charge in [-0.15, -0.1) is 0 Å². The van der Waals surface area contributed by atoms with Crippen molar-refractivity contribution < 1.29 is 0 Å². The summed E-state index contributed by atoms with van der Waals surface area (Å²) in [6, 6.07) is 8.01. The van der Waals surface area contributed by atoms with Gasteiger partial charge in [-0.05, 0) is 40.3 Å². The summed E-state index contributed by atoms with van der Waals surface area (Å²) < 4.78 is 1.19. The first-order valence-corrected chi connectivity index (χ1v) is 5.86. The number of halogens is 1. The topological polar surface area (TPSA) is 63.8 Å². The van der Waals surface area contributed by atoms with E-state index in [9.17, 15) is 0 Å². The van der Waals surface area contributed by atoms with Gasteiger partial charge in [0.05, 0.1) is 17.9 Å². The number of hydrazine groups is 1. The first-order chi connectivity index (χ1) is 7.81. The number of aromatic nitrogens is 2. The van der Waals surface area contributed by atoms with E-state index in [2.05, 4.69) is 38.0 Å². The van der Waals surface area contributed by atoms with E-state index in [0.29, 0.717) is 0 Å². The van der Waals surface area contributed by atoms with E-state index in [-0.39, 0.29) is 6.04 Å². The van der Waals surface area contributed by atoms with E-state index < -0.39 is 0 Å². The molecule has 1 aromatic heterocycles. The first kappa shape index (κ1) is 11.4. The molecular formula is C11H11IN4. The van der Waals surface area contributed by atoms with E-state index >= 15 is 0 Å². The van der Waals surface area contributed by atoms with Crippen LogP contribution in [0.5, 0.6) is 0 Å². The SMILES string of the molecule is NNC(c1ccc(I)cc1)c1cnccn1. The van der Waals surface area contributed by atoms with Crippen LogP contribution in [0.4, 0.5) is 0 Å². The molecule has 1 aromatic carbocycles. The van der Waals surface area contributed by atoms with Crippen LogP contribution in [0.2, 0.25) is 0 Å². The van der Waals surface area contributed by atoms with Crippen LogP contribution < -0.4 is 11.3 Å². The Hall–Kier alpha value is -1.05. The molecule has 82 valence electrons. The molecule has 0 fully saturated rings. The van der Waals surface area contributed by atoms with Gasteiger partial charge in [-0.3, -0.25) is 15.8 Å². The molecule has 0 saturated carbocycles. The number of nitrogens with two attached hydrogens (primary N) is 1. The lowest BCUT2D eigenvalue weighted by molar-refractivity contribution is 0.617. The zero-order valence-corrected chi connectivity index (χ0v) is 10.6. The molecule has 1 atom stereocenters. The molecule has 5 heteroatoms. The van der Waals surface area contributed by atoms with Crippen molar-refractivity contribution in [1.29, 1.82) is 0 Å². The largest absolute Gasteiger partial charge is 0.271 e. The minimum atomic E-state index is -0.120. The maximum Gasteiger partial charge on any atom is 0.0897 e. The van der Waals surface area contributed by atoms with Crippen LogP contribution in [0, 0.1) is 3.57 Å². The average Bonchev–Trinajstić information content (AvgIpc) is 2.34. The lowest BCUT2D eigenvalue weighted by atomic mass is 10.1. The van der Waals surface area contributed by atoms with Crippen LogP contribution in [-0.2, 0) is 0 Å². The van der Waals surface area contributed by atoms with Crippen molar-refractivity contribution in [3.8, 4) is 0 Å². The van der Waals surface area contributed by atoms with Gasteiger partial charge in [-0.25, -0.2) is 5.43 Å². The highest BCUT2D eigenvalue weighted by Crippen LogP contribution is 2.19. The Balaban J connectivity index is 2.33. The van der Waals surface area contributed by atoms with Gasteiger partial charge < -0.3 is 0 Å². The molecule has 2 aromatic rings. The van der Waals surface area contributed by atoms with E-state index in [1.165, 1.54) is 3.57 Å². The smallest absolute Gasteiger partial charge is 0.0897 e. The summed E-state index contributed by atoms with van der Waals surface area (Å²) in [5.41, 5.74) is 4.63. The predicted molar refractivity (Wildman–Crippen MR) is 70.4 cm³/mol. The van der Waals surface area contributed by atoms with Crippen molar-refractivity contribution in [2.45, 2.75) is 6.04 Å². The molecule has 1 heterocycles. The molecule has 0 amide bonds. The lowest BCUT2D eigenvalue weighted by Crippen LogP contribution is -2.29. The Kier molecular flexibility index (Phi) is 3.81. The second kappa shape index (κ2) is 5.33. The molecule has 0 saturated heterocycles. The fourth-order valence-corrected chi connectivity index (χ4v) is 1.83. The van der Waals surface area contributed by atoms with Gasteiger partial charge in [0.25, 0.3) is 0 Å². The monoisotopic (exact) mass is 326 g/mol. The summed E-state index contributed by atoms with van der Waals surface area (Å²) in [6.45, 7) is 0. The Bertz CT molecular complexity index is 443. The third-order valence-electron chi connectivity index (χ3n) is 2.25. The summed E-state index contributed by atoms with van der Waals surface area (Å²) in [5.74, 6) is 5.56.